The number of guanidine groups is 1. The maximum absolute atomic E-state index is 5.90. The second-order valence-corrected chi connectivity index (χ2v) is 7.63. The minimum Gasteiger partial charge on any atom is -0.381 e. The maximum atomic E-state index is 5.90. The molecule has 1 heterocycles. The molecule has 0 saturated carbocycles. The van der Waals surface area contributed by atoms with Gasteiger partial charge in [0.15, 0.2) is 5.96 Å². The van der Waals surface area contributed by atoms with Crippen LogP contribution in [0.15, 0.2) is 34.2 Å². The number of benzene rings is 1. The third kappa shape index (κ3) is 9.12. The summed E-state index contributed by atoms with van der Waals surface area (Å²) in [5.74, 6) is 1.84. The number of thioether (sulfide) groups is 1. The average molecular weight is 400 g/mol. The highest BCUT2D eigenvalue weighted by Gasteiger charge is 2.13. The van der Waals surface area contributed by atoms with E-state index in [9.17, 15) is 0 Å². The molecule has 0 aliphatic carbocycles. The lowest BCUT2D eigenvalue weighted by atomic mass is 10.1. The van der Waals surface area contributed by atoms with Crippen LogP contribution in [0.1, 0.15) is 26.2 Å². The number of halogens is 1. The van der Waals surface area contributed by atoms with Crippen molar-refractivity contribution in [3.05, 3.63) is 29.3 Å². The highest BCUT2D eigenvalue weighted by atomic mass is 35.5. The van der Waals surface area contributed by atoms with Crippen LogP contribution in [-0.2, 0) is 9.47 Å². The molecule has 146 valence electrons. The van der Waals surface area contributed by atoms with Crippen LogP contribution in [0.3, 0.4) is 0 Å². The summed E-state index contributed by atoms with van der Waals surface area (Å²) in [6.07, 6.45) is 3.33. The van der Waals surface area contributed by atoms with Gasteiger partial charge in [0.25, 0.3) is 0 Å². The van der Waals surface area contributed by atoms with Crippen LogP contribution in [0.25, 0.3) is 0 Å². The molecule has 7 heteroatoms. The summed E-state index contributed by atoms with van der Waals surface area (Å²) in [5.41, 5.74) is 0. The molecule has 0 atom stereocenters. The van der Waals surface area contributed by atoms with E-state index in [0.29, 0.717) is 6.10 Å². The number of hydrogen-bond donors (Lipinski definition) is 2. The van der Waals surface area contributed by atoms with E-state index in [2.05, 4.69) is 22.5 Å². The van der Waals surface area contributed by atoms with Crippen molar-refractivity contribution in [2.75, 3.05) is 45.2 Å². The minimum atomic E-state index is 0.365. The Labute approximate surface area is 166 Å². The first-order valence-electron chi connectivity index (χ1n) is 9.38. The molecule has 1 aliphatic rings. The molecule has 0 aromatic heterocycles. The molecule has 1 saturated heterocycles. The number of nitrogens with zero attached hydrogens (tertiary/aromatic N) is 1. The third-order valence-corrected chi connectivity index (χ3v) is 5.18. The number of hydrogen-bond acceptors (Lipinski definition) is 4. The summed E-state index contributed by atoms with van der Waals surface area (Å²) in [4.78, 5) is 5.84. The van der Waals surface area contributed by atoms with E-state index in [1.54, 1.807) is 11.8 Å². The Bertz CT molecular complexity index is 522. The van der Waals surface area contributed by atoms with Crippen molar-refractivity contribution in [1.82, 2.24) is 10.6 Å². The Hall–Kier alpha value is -0.950. The monoisotopic (exact) mass is 399 g/mol. The largest absolute Gasteiger partial charge is 0.381 e. The summed E-state index contributed by atoms with van der Waals surface area (Å²) < 4.78 is 11.2. The molecule has 2 rings (SSSR count). The predicted octanol–water partition coefficient (Wildman–Crippen LogP) is 3.57. The molecular formula is C19H30ClN3O2S. The van der Waals surface area contributed by atoms with Crippen LogP contribution in [0.5, 0.6) is 0 Å². The van der Waals surface area contributed by atoms with Gasteiger partial charge >= 0.3 is 0 Å². The van der Waals surface area contributed by atoms with Crippen molar-refractivity contribution in [3.8, 4) is 0 Å². The van der Waals surface area contributed by atoms with Gasteiger partial charge in [-0.3, -0.25) is 4.99 Å². The van der Waals surface area contributed by atoms with Crippen LogP contribution in [0, 0.1) is 0 Å². The van der Waals surface area contributed by atoms with Crippen molar-refractivity contribution in [2.24, 2.45) is 4.99 Å². The molecule has 1 aromatic rings. The van der Waals surface area contributed by atoms with Crippen molar-refractivity contribution in [2.45, 2.75) is 37.2 Å². The summed E-state index contributed by atoms with van der Waals surface area (Å²) in [7, 11) is 0. The van der Waals surface area contributed by atoms with Crippen molar-refractivity contribution >= 4 is 29.3 Å². The topological polar surface area (TPSA) is 54.9 Å². The van der Waals surface area contributed by atoms with Crippen molar-refractivity contribution in [1.29, 1.82) is 0 Å². The molecule has 0 radical (unpaired) electrons. The molecule has 0 unspecified atom stereocenters. The van der Waals surface area contributed by atoms with E-state index in [0.717, 1.165) is 75.5 Å². The normalized spacial score (nSPS) is 15.8. The number of aliphatic imine (C=N–C) groups is 1. The van der Waals surface area contributed by atoms with Crippen LogP contribution >= 0.6 is 23.4 Å². The van der Waals surface area contributed by atoms with Gasteiger partial charge in [0, 0.05) is 55.1 Å². The van der Waals surface area contributed by atoms with Gasteiger partial charge in [-0.05, 0) is 50.5 Å². The number of ether oxygens (including phenoxy) is 2. The molecule has 26 heavy (non-hydrogen) atoms. The third-order valence-electron chi connectivity index (χ3n) is 3.92. The maximum Gasteiger partial charge on any atom is 0.191 e. The van der Waals surface area contributed by atoms with E-state index in [1.807, 2.05) is 24.3 Å². The lowest BCUT2D eigenvalue weighted by Crippen LogP contribution is -2.38. The fraction of sp³-hybridized carbons (Fsp3) is 0.632. The Kier molecular flexibility index (Phi) is 10.9. The lowest BCUT2D eigenvalue weighted by molar-refractivity contribution is -0.0318. The second-order valence-electron chi connectivity index (χ2n) is 6.03. The fourth-order valence-electron chi connectivity index (χ4n) is 2.56. The molecular weight excluding hydrogens is 370 g/mol. The summed E-state index contributed by atoms with van der Waals surface area (Å²) in [6, 6.07) is 7.94. The number of nitrogens with one attached hydrogen (secondary N) is 2. The molecule has 0 spiro atoms. The highest BCUT2D eigenvalue weighted by Crippen LogP contribution is 2.19. The molecule has 1 fully saturated rings. The summed E-state index contributed by atoms with van der Waals surface area (Å²) >= 11 is 7.71. The van der Waals surface area contributed by atoms with E-state index in [-0.39, 0.29) is 0 Å². The van der Waals surface area contributed by atoms with Crippen molar-refractivity contribution < 1.29 is 9.47 Å². The zero-order valence-electron chi connectivity index (χ0n) is 15.5. The Morgan fingerprint density at radius 1 is 1.27 bits per heavy atom. The van der Waals surface area contributed by atoms with E-state index < -0.39 is 0 Å². The second kappa shape index (κ2) is 13.3. The zero-order valence-corrected chi connectivity index (χ0v) is 17.1. The summed E-state index contributed by atoms with van der Waals surface area (Å²) in [5, 5.41) is 7.43. The van der Waals surface area contributed by atoms with Crippen LogP contribution in [0.2, 0.25) is 5.02 Å². The number of rotatable bonds is 10. The fourth-order valence-corrected chi connectivity index (χ4v) is 3.45. The average Bonchev–Trinajstić information content (AvgIpc) is 2.67. The zero-order chi connectivity index (χ0) is 18.5. The van der Waals surface area contributed by atoms with Crippen LogP contribution < -0.4 is 10.6 Å². The van der Waals surface area contributed by atoms with Gasteiger partial charge in [-0.15, -0.1) is 11.8 Å². The van der Waals surface area contributed by atoms with Gasteiger partial charge in [-0.25, -0.2) is 0 Å². The van der Waals surface area contributed by atoms with Gasteiger partial charge in [-0.1, -0.05) is 11.6 Å². The van der Waals surface area contributed by atoms with Gasteiger partial charge in [-0.2, -0.15) is 0 Å². The van der Waals surface area contributed by atoms with E-state index >= 15 is 0 Å². The van der Waals surface area contributed by atoms with Crippen LogP contribution in [0.4, 0.5) is 0 Å². The SMILES string of the molecule is CCNC(=NCCCOC1CCOCC1)NCCSc1ccc(Cl)cc1. The predicted molar refractivity (Wildman–Crippen MR) is 111 cm³/mol. The van der Waals surface area contributed by atoms with Gasteiger partial charge in [0.2, 0.25) is 0 Å². The Balaban J connectivity index is 1.58. The smallest absolute Gasteiger partial charge is 0.191 e. The lowest BCUT2D eigenvalue weighted by Gasteiger charge is -2.22. The van der Waals surface area contributed by atoms with Gasteiger partial charge < -0.3 is 20.1 Å². The van der Waals surface area contributed by atoms with Crippen LogP contribution in [-0.4, -0.2) is 57.3 Å². The van der Waals surface area contributed by atoms with Crippen molar-refractivity contribution in [3.63, 3.8) is 0 Å². The first kappa shape index (κ1) is 21.4. The Morgan fingerprint density at radius 3 is 2.77 bits per heavy atom. The Morgan fingerprint density at radius 2 is 2.04 bits per heavy atom. The van der Waals surface area contributed by atoms with E-state index in [1.165, 1.54) is 4.90 Å². The van der Waals surface area contributed by atoms with Gasteiger partial charge in [0.1, 0.15) is 0 Å². The quantitative estimate of drug-likeness (QED) is 0.272. The minimum absolute atomic E-state index is 0.365. The highest BCUT2D eigenvalue weighted by molar-refractivity contribution is 7.99. The molecule has 1 aromatic carbocycles. The standard InChI is InChI=1S/C19H30ClN3O2S/c1-2-21-19(22-10-3-12-25-17-8-13-24-14-9-17)23-11-15-26-18-6-4-16(20)5-7-18/h4-7,17H,2-3,8-15H2,1H3,(H2,21,22,23). The molecule has 0 bridgehead atoms. The molecule has 5 nitrogen and oxygen atoms in total. The molecule has 0 amide bonds. The first-order chi connectivity index (χ1) is 12.8. The molecule has 2 N–H and O–H groups in total. The molecule has 1 aliphatic heterocycles. The van der Waals surface area contributed by atoms with Gasteiger partial charge in [0.05, 0.1) is 6.10 Å². The first-order valence-corrected chi connectivity index (χ1v) is 10.7. The van der Waals surface area contributed by atoms with E-state index in [4.69, 9.17) is 21.1 Å². The summed E-state index contributed by atoms with van der Waals surface area (Å²) in [6.45, 7) is 6.97.